The molecule has 0 fully saturated rings. The van der Waals surface area contributed by atoms with Gasteiger partial charge in [0, 0.05) is 70.6 Å². The van der Waals surface area contributed by atoms with E-state index in [1.165, 1.54) is 85.8 Å². The predicted molar refractivity (Wildman–Crippen MR) is 281 cm³/mol. The Labute approximate surface area is 390 Å². The molecule has 67 heavy (non-hydrogen) atoms. The topological polar surface area (TPSA) is 17.4 Å². The third-order valence-corrected chi connectivity index (χ3v) is 15.8. The number of hydrogen-bond donors (Lipinski definition) is 0. The number of anilines is 3. The summed E-state index contributed by atoms with van der Waals surface area (Å²) in [6.45, 7) is 0. The van der Waals surface area contributed by atoms with E-state index >= 15 is 0 Å². The number of nitrogens with zero attached hydrogens (tertiary/aromatic N) is 2. The molecule has 2 aromatic heterocycles. The van der Waals surface area contributed by atoms with Gasteiger partial charge in [-0.1, -0.05) is 158 Å². The zero-order valence-electron chi connectivity index (χ0n) is 36.2. The van der Waals surface area contributed by atoms with E-state index in [4.69, 9.17) is 4.74 Å². The molecule has 1 unspecified atom stereocenters. The summed E-state index contributed by atoms with van der Waals surface area (Å²) in [6, 6.07) is 85.0. The van der Waals surface area contributed by atoms with Gasteiger partial charge in [0.2, 0.25) is 0 Å². The SMILES string of the molecule is c1ccc2c(c1)Oc1cc(N(c3ccc4c(c3)c3ccccc3n4-c3ccc4sc5ccccc5c4c3)c3cccc4ccccc34)ccc1C21c2ccccc2-c2cccc3cccc1c23. The zero-order valence-corrected chi connectivity index (χ0v) is 37.0. The Bertz CT molecular complexity index is 4220. The molecule has 2 aliphatic rings. The maximum Gasteiger partial charge on any atom is 0.134 e. The van der Waals surface area contributed by atoms with Crippen molar-refractivity contribution in [3.8, 4) is 28.3 Å². The summed E-state index contributed by atoms with van der Waals surface area (Å²) < 4.78 is 12.2. The monoisotopic (exact) mass is 870 g/mol. The number of rotatable bonds is 4. The molecule has 0 radical (unpaired) electrons. The second-order valence-electron chi connectivity index (χ2n) is 17.9. The Morgan fingerprint density at radius 3 is 1.97 bits per heavy atom. The second-order valence-corrected chi connectivity index (χ2v) is 19.0. The minimum atomic E-state index is -0.615. The van der Waals surface area contributed by atoms with Gasteiger partial charge < -0.3 is 14.2 Å². The van der Waals surface area contributed by atoms with Crippen LogP contribution < -0.4 is 9.64 Å². The van der Waals surface area contributed by atoms with Crippen LogP contribution in [0.2, 0.25) is 0 Å². The van der Waals surface area contributed by atoms with E-state index in [2.05, 4.69) is 240 Å². The highest BCUT2D eigenvalue weighted by Crippen LogP contribution is 2.62. The maximum absolute atomic E-state index is 7.16. The van der Waals surface area contributed by atoms with Crippen molar-refractivity contribution < 1.29 is 4.74 Å². The van der Waals surface area contributed by atoms with Crippen molar-refractivity contribution in [3.05, 3.63) is 253 Å². The van der Waals surface area contributed by atoms with Crippen LogP contribution in [-0.4, -0.2) is 4.57 Å². The summed E-state index contributed by atoms with van der Waals surface area (Å²) in [5.74, 6) is 1.72. The largest absolute Gasteiger partial charge is 0.457 e. The first-order valence-corrected chi connectivity index (χ1v) is 23.8. The molecule has 1 atom stereocenters. The molecule has 0 amide bonds. The first-order valence-electron chi connectivity index (χ1n) is 23.0. The summed E-state index contributed by atoms with van der Waals surface area (Å²) in [6.07, 6.45) is 0. The first kappa shape index (κ1) is 36.9. The zero-order chi connectivity index (χ0) is 43.8. The van der Waals surface area contributed by atoms with Crippen LogP contribution in [0, 0.1) is 0 Å². The summed E-state index contributed by atoms with van der Waals surface area (Å²) >= 11 is 1.86. The Balaban J connectivity index is 0.975. The van der Waals surface area contributed by atoms with Gasteiger partial charge >= 0.3 is 0 Å². The number of aromatic nitrogens is 1. The predicted octanol–water partition coefficient (Wildman–Crippen LogP) is 17.4. The van der Waals surface area contributed by atoms with Crippen molar-refractivity contribution in [2.24, 2.45) is 0 Å². The highest BCUT2D eigenvalue weighted by Gasteiger charge is 2.49. The molecule has 4 heteroatoms. The molecule has 0 saturated carbocycles. The second kappa shape index (κ2) is 13.8. The van der Waals surface area contributed by atoms with E-state index < -0.39 is 5.41 Å². The fourth-order valence-electron chi connectivity index (χ4n) is 11.9. The average Bonchev–Trinajstić information content (AvgIpc) is 3.93. The average molecular weight is 871 g/mol. The van der Waals surface area contributed by atoms with Crippen molar-refractivity contribution in [1.29, 1.82) is 0 Å². The third kappa shape index (κ3) is 5.05. The molecule has 1 aliphatic heterocycles. The Morgan fingerprint density at radius 2 is 1.03 bits per heavy atom. The van der Waals surface area contributed by atoms with E-state index in [0.717, 1.165) is 45.4 Å². The lowest BCUT2D eigenvalue weighted by atomic mass is 9.58. The van der Waals surface area contributed by atoms with E-state index in [0.29, 0.717) is 0 Å². The van der Waals surface area contributed by atoms with Gasteiger partial charge in [0.1, 0.15) is 11.5 Å². The number of benzene rings is 11. The number of para-hydroxylation sites is 2. The summed E-state index contributed by atoms with van der Waals surface area (Å²) in [5.41, 5.74) is 13.4. The molecular formula is C63H38N2OS. The van der Waals surface area contributed by atoms with Crippen LogP contribution >= 0.6 is 11.3 Å². The van der Waals surface area contributed by atoms with Gasteiger partial charge in [-0.2, -0.15) is 0 Å². The lowest BCUT2D eigenvalue weighted by Gasteiger charge is -2.45. The smallest absolute Gasteiger partial charge is 0.134 e. The van der Waals surface area contributed by atoms with Gasteiger partial charge in [-0.15, -0.1) is 11.3 Å². The van der Waals surface area contributed by atoms with Crippen molar-refractivity contribution >= 4 is 91.9 Å². The third-order valence-electron chi connectivity index (χ3n) is 14.6. The van der Waals surface area contributed by atoms with Gasteiger partial charge in [-0.25, -0.2) is 0 Å². The highest BCUT2D eigenvalue weighted by molar-refractivity contribution is 7.25. The van der Waals surface area contributed by atoms with Crippen LogP contribution in [0.15, 0.2) is 231 Å². The first-order chi connectivity index (χ1) is 33.2. The molecular weight excluding hydrogens is 833 g/mol. The van der Waals surface area contributed by atoms with Crippen molar-refractivity contribution in [2.45, 2.75) is 5.41 Å². The molecule has 1 spiro atoms. The molecule has 1 aliphatic carbocycles. The van der Waals surface area contributed by atoms with Gasteiger partial charge in [-0.3, -0.25) is 0 Å². The lowest BCUT2D eigenvalue weighted by Crippen LogP contribution is -2.36. The molecule has 3 nitrogen and oxygen atoms in total. The highest BCUT2D eigenvalue weighted by atomic mass is 32.1. The van der Waals surface area contributed by atoms with Crippen LogP contribution in [0.5, 0.6) is 11.5 Å². The lowest BCUT2D eigenvalue weighted by molar-refractivity contribution is 0.435. The molecule has 312 valence electrons. The van der Waals surface area contributed by atoms with Crippen LogP contribution in [0.25, 0.3) is 80.3 Å². The summed E-state index contributed by atoms with van der Waals surface area (Å²) in [7, 11) is 0. The maximum atomic E-state index is 7.16. The van der Waals surface area contributed by atoms with Crippen LogP contribution in [0.3, 0.4) is 0 Å². The fraction of sp³-hybridized carbons (Fsp3) is 0.0159. The minimum absolute atomic E-state index is 0.615. The summed E-state index contributed by atoms with van der Waals surface area (Å²) in [4.78, 5) is 2.43. The van der Waals surface area contributed by atoms with Gasteiger partial charge in [0.05, 0.1) is 22.1 Å². The number of thiophene rings is 1. The van der Waals surface area contributed by atoms with Gasteiger partial charge in [-0.05, 0) is 105 Å². The van der Waals surface area contributed by atoms with Crippen LogP contribution in [0.1, 0.15) is 22.3 Å². The Hall–Kier alpha value is -8.44. The molecule has 0 N–H and O–H groups in total. The number of hydrogen-bond acceptors (Lipinski definition) is 3. The number of ether oxygens (including phenoxy) is 1. The molecule has 15 rings (SSSR count). The van der Waals surface area contributed by atoms with Crippen molar-refractivity contribution in [3.63, 3.8) is 0 Å². The van der Waals surface area contributed by atoms with E-state index in [1.54, 1.807) is 0 Å². The van der Waals surface area contributed by atoms with Crippen molar-refractivity contribution in [2.75, 3.05) is 4.90 Å². The fourth-order valence-corrected chi connectivity index (χ4v) is 13.0. The van der Waals surface area contributed by atoms with E-state index in [-0.39, 0.29) is 0 Å². The Morgan fingerprint density at radius 1 is 0.388 bits per heavy atom. The normalized spacial score (nSPS) is 14.7. The molecule has 13 aromatic rings. The van der Waals surface area contributed by atoms with Gasteiger partial charge in [0.25, 0.3) is 0 Å². The summed E-state index contributed by atoms with van der Waals surface area (Å²) in [5, 5.41) is 9.90. The van der Waals surface area contributed by atoms with Crippen molar-refractivity contribution in [1.82, 2.24) is 4.57 Å². The molecule has 0 saturated heterocycles. The molecule has 3 heterocycles. The van der Waals surface area contributed by atoms with E-state index in [9.17, 15) is 0 Å². The molecule has 0 bridgehead atoms. The number of fused-ring (bicyclic) bond motifs is 15. The standard InChI is InChI=1S/C63H38N2OS/c1-2-18-44-39(14-1)15-13-27-55(44)64(41-31-34-57-49(36-41)46-20-4-8-26-56(46)65(57)42-32-35-61-50(37-42)47-21-5-10-29-60(47)67-61)43-30-33-53-59(38-43)66-58-28-9-7-24-52(58)63(53)51-23-6-3-19-45(51)48-22-11-16-40-17-12-25-54(63)62(40)48/h1-38H. The van der Waals surface area contributed by atoms with Crippen LogP contribution in [-0.2, 0) is 5.41 Å². The minimum Gasteiger partial charge on any atom is -0.457 e. The molecule has 11 aromatic carbocycles. The van der Waals surface area contributed by atoms with E-state index in [1.807, 2.05) is 11.3 Å². The van der Waals surface area contributed by atoms with Gasteiger partial charge in [0.15, 0.2) is 0 Å². The van der Waals surface area contributed by atoms with Crippen LogP contribution in [0.4, 0.5) is 17.1 Å². The quantitative estimate of drug-likeness (QED) is 0.175. The Kier molecular flexibility index (Phi) is 7.58.